The summed E-state index contributed by atoms with van der Waals surface area (Å²) in [5.74, 6) is -4.98. The lowest BCUT2D eigenvalue weighted by Gasteiger charge is -2.10. The van der Waals surface area contributed by atoms with E-state index in [0.717, 1.165) is 97.2 Å². The van der Waals surface area contributed by atoms with E-state index >= 15 is 0 Å². The number of nitrogens with zero attached hydrogens (tertiary/aromatic N) is 12. The number of benzene rings is 4. The monoisotopic (exact) mass is 1360 g/mol. The zero-order valence-electron chi connectivity index (χ0n) is 54.2. The van der Waals surface area contributed by atoms with E-state index in [1.54, 1.807) is 24.4 Å². The number of carbonyl (C=O) groups is 4. The van der Waals surface area contributed by atoms with Crippen molar-refractivity contribution in [2.75, 3.05) is 52.6 Å². The molecule has 8 aromatic heterocycles. The minimum absolute atomic E-state index is 0.106. The molecule has 0 unspecified atom stereocenters. The highest BCUT2D eigenvalue weighted by atomic mass is 19.1. The van der Waals surface area contributed by atoms with E-state index < -0.39 is 23.9 Å². The van der Waals surface area contributed by atoms with E-state index in [0.29, 0.717) is 94.6 Å². The summed E-state index contributed by atoms with van der Waals surface area (Å²) in [5, 5.41) is 66.1. The predicted octanol–water partition coefficient (Wildman–Crippen LogP) is 10.6. The van der Waals surface area contributed by atoms with E-state index in [-0.39, 0.29) is 70.3 Å². The Balaban J connectivity index is 0.000000119. The molecule has 4 saturated heterocycles. The zero-order valence-corrected chi connectivity index (χ0v) is 54.2. The fraction of sp³-hybridized carbons (Fsp3) is 0.288. The van der Waals surface area contributed by atoms with Crippen LogP contribution in [0.2, 0.25) is 0 Å². The lowest BCUT2D eigenvalue weighted by atomic mass is 10.0. The van der Waals surface area contributed by atoms with Crippen molar-refractivity contribution in [3.8, 4) is 0 Å². The van der Waals surface area contributed by atoms with Crippen LogP contribution in [0.15, 0.2) is 147 Å². The third-order valence-electron chi connectivity index (χ3n) is 18.4. The van der Waals surface area contributed by atoms with Gasteiger partial charge in [0.25, 0.3) is 0 Å². The molecule has 0 radical (unpaired) electrons. The van der Waals surface area contributed by atoms with Crippen molar-refractivity contribution in [2.45, 2.75) is 82.5 Å². The maximum Gasteiger partial charge on any atom is 0.336 e. The van der Waals surface area contributed by atoms with Crippen LogP contribution >= 0.6 is 0 Å². The number of carboxylic acid groups (broad SMARTS) is 4. The van der Waals surface area contributed by atoms with Crippen LogP contribution in [-0.4, -0.2) is 156 Å². The van der Waals surface area contributed by atoms with Crippen molar-refractivity contribution in [1.82, 2.24) is 69.7 Å². The van der Waals surface area contributed by atoms with Crippen LogP contribution < -0.4 is 10.6 Å². The first-order chi connectivity index (χ1) is 48.5. The standard InChI is InChI=1S/C19H19N3O3.2C18H17FN4O2.C18H16FN3O3/c1-12-2-3-18-16(8-12)17(21-22(18)14-5-7-25-11-14)9-13-10-20-6-4-15(13)19(23)24;2*19-12-1-2-17-15(8-12)16(22-23(17)13-3-5-21-10-13)7-11-9-20-6-4-14(11)18(24)25;19-12-1-2-17-15(8-12)16(21-22(17)13-4-6-25-10-13)7-11-9-20-5-3-14(11)18(23)24/h2-4,6,8,10,14H,5,7,9,11H2,1H3,(H,23,24);2*1-2,4,6,8-9,13,21H,3,5,7,10H2,(H,24,25);1-3,5,8-9,13H,4,6-7,10H2,(H,23,24)/t14-;3*13-/m0100/s1. The molecule has 12 aromatic rings. The van der Waals surface area contributed by atoms with Crippen molar-refractivity contribution < 1.29 is 62.2 Å². The van der Waals surface area contributed by atoms with Crippen molar-refractivity contribution >= 4 is 67.5 Å². The normalized spacial score (nSPS) is 17.2. The Morgan fingerprint density at radius 3 is 1.00 bits per heavy atom. The number of aromatic nitrogens is 12. The SMILES string of the molecule is Cc1ccc2c(c1)c(Cc1cnccc1C(=O)O)nn2[C@H]1CCOC1.O=C(O)c1ccncc1Cc1nn([C@@H]2CCNC2)c2ccc(F)cc12.O=C(O)c1ccncc1Cc1nn([C@H]2CCNC2)c2ccc(F)cc12.O=C(O)c1ccncc1Cc1nn([C@H]2CCOC2)c2ccc(F)cc12. The van der Waals surface area contributed by atoms with Gasteiger partial charge in [0.2, 0.25) is 0 Å². The molecule has 24 nitrogen and oxygen atoms in total. The maximum atomic E-state index is 13.8. The fourth-order valence-corrected chi connectivity index (χ4v) is 13.4. The second kappa shape index (κ2) is 29.9. The second-order valence-electron chi connectivity index (χ2n) is 25.0. The first kappa shape index (κ1) is 67.4. The Bertz CT molecular complexity index is 4410. The van der Waals surface area contributed by atoms with Crippen molar-refractivity contribution in [1.29, 1.82) is 0 Å². The van der Waals surface area contributed by atoms with Gasteiger partial charge in [0.05, 0.1) is 104 Å². The van der Waals surface area contributed by atoms with E-state index in [1.807, 2.05) is 25.7 Å². The molecule has 6 N–H and O–H groups in total. The molecule has 4 aliphatic rings. The number of halogens is 3. The summed E-state index contributed by atoms with van der Waals surface area (Å²) in [6.07, 6.45) is 17.1. The second-order valence-corrected chi connectivity index (χ2v) is 25.0. The Labute approximate surface area is 569 Å². The van der Waals surface area contributed by atoms with Gasteiger partial charge in [-0.05, 0) is 159 Å². The molecule has 4 fully saturated rings. The van der Waals surface area contributed by atoms with Crippen LogP contribution in [0.3, 0.4) is 0 Å². The van der Waals surface area contributed by atoms with Crippen molar-refractivity contribution in [3.63, 3.8) is 0 Å². The molecule has 100 heavy (non-hydrogen) atoms. The zero-order chi connectivity index (χ0) is 69.6. The summed E-state index contributed by atoms with van der Waals surface area (Å²) in [7, 11) is 0. The maximum absolute atomic E-state index is 13.8. The largest absolute Gasteiger partial charge is 0.478 e. The van der Waals surface area contributed by atoms with Gasteiger partial charge in [-0.3, -0.25) is 38.7 Å². The summed E-state index contributed by atoms with van der Waals surface area (Å²) >= 11 is 0. The summed E-state index contributed by atoms with van der Waals surface area (Å²) in [5.41, 5.74) is 10.8. The highest BCUT2D eigenvalue weighted by molar-refractivity contribution is 5.93. The molecular formula is C73H69F3N14O10. The molecule has 4 aromatic carbocycles. The summed E-state index contributed by atoms with van der Waals surface area (Å²) < 4.78 is 60.1. The molecule has 512 valence electrons. The quantitative estimate of drug-likeness (QED) is 0.0524. The number of ether oxygens (including phenoxy) is 2. The van der Waals surface area contributed by atoms with E-state index in [1.165, 1.54) is 104 Å². The summed E-state index contributed by atoms with van der Waals surface area (Å²) in [6, 6.07) is 26.8. The van der Waals surface area contributed by atoms with Gasteiger partial charge in [-0.2, -0.15) is 20.4 Å². The molecule has 0 aliphatic carbocycles. The van der Waals surface area contributed by atoms with Crippen LogP contribution in [0.1, 0.15) is 142 Å². The van der Waals surface area contributed by atoms with Crippen LogP contribution in [0, 0.1) is 24.4 Å². The van der Waals surface area contributed by atoms with E-state index in [4.69, 9.17) is 24.8 Å². The molecule has 4 atom stereocenters. The number of carboxylic acids is 4. The van der Waals surface area contributed by atoms with Gasteiger partial charge in [-0.15, -0.1) is 0 Å². The number of fused-ring (bicyclic) bond motifs is 4. The van der Waals surface area contributed by atoms with Crippen molar-refractivity contribution in [2.24, 2.45) is 0 Å². The van der Waals surface area contributed by atoms with Gasteiger partial charge in [0.15, 0.2) is 0 Å². The molecule has 12 heterocycles. The third kappa shape index (κ3) is 14.7. The average Bonchev–Trinajstić information content (AvgIpc) is 1.65. The molecule has 0 saturated carbocycles. The molecule has 0 spiro atoms. The predicted molar refractivity (Wildman–Crippen MR) is 362 cm³/mol. The smallest absolute Gasteiger partial charge is 0.336 e. The van der Waals surface area contributed by atoms with Gasteiger partial charge >= 0.3 is 23.9 Å². The van der Waals surface area contributed by atoms with Gasteiger partial charge in [-0.1, -0.05) is 11.6 Å². The summed E-state index contributed by atoms with van der Waals surface area (Å²) in [6.45, 7) is 8.20. The molecular weight excluding hydrogens is 1290 g/mol. The lowest BCUT2D eigenvalue weighted by molar-refractivity contribution is 0.0684. The first-order valence-corrected chi connectivity index (χ1v) is 32.7. The highest BCUT2D eigenvalue weighted by Gasteiger charge is 2.28. The van der Waals surface area contributed by atoms with Crippen LogP contribution in [0.25, 0.3) is 43.6 Å². The molecule has 0 amide bonds. The molecule has 27 heteroatoms. The Hall–Kier alpha value is -11.1. The number of nitrogens with one attached hydrogen (secondary N) is 2. The van der Waals surface area contributed by atoms with Crippen LogP contribution in [-0.2, 0) is 35.2 Å². The van der Waals surface area contributed by atoms with Crippen molar-refractivity contribution in [3.05, 3.63) is 237 Å². The van der Waals surface area contributed by atoms with Gasteiger partial charge in [-0.25, -0.2) is 32.3 Å². The van der Waals surface area contributed by atoms with Crippen LogP contribution in [0.5, 0.6) is 0 Å². The third-order valence-corrected chi connectivity index (χ3v) is 18.4. The number of pyridine rings is 4. The topological polar surface area (TPSA) is 315 Å². The minimum Gasteiger partial charge on any atom is -0.478 e. The highest BCUT2D eigenvalue weighted by Crippen LogP contribution is 2.34. The number of hydrogen-bond acceptors (Lipinski definition) is 16. The molecule has 0 bridgehead atoms. The fourth-order valence-electron chi connectivity index (χ4n) is 13.4. The molecule has 4 aliphatic heterocycles. The van der Waals surface area contributed by atoms with Gasteiger partial charge < -0.3 is 40.5 Å². The minimum atomic E-state index is -1.02. The average molecular weight is 1360 g/mol. The van der Waals surface area contributed by atoms with E-state index in [2.05, 4.69) is 53.9 Å². The Morgan fingerprint density at radius 1 is 0.420 bits per heavy atom. The Morgan fingerprint density at radius 2 is 0.720 bits per heavy atom. The summed E-state index contributed by atoms with van der Waals surface area (Å²) in [4.78, 5) is 61.9. The number of rotatable bonds is 16. The number of aromatic carboxylic acids is 4. The van der Waals surface area contributed by atoms with Crippen LogP contribution in [0.4, 0.5) is 13.2 Å². The van der Waals surface area contributed by atoms with Gasteiger partial charge in [0.1, 0.15) is 17.5 Å². The molecule has 16 rings (SSSR count). The first-order valence-electron chi connectivity index (χ1n) is 32.7. The Kier molecular flexibility index (Phi) is 20.2. The van der Waals surface area contributed by atoms with Gasteiger partial charge in [0, 0.05) is 123 Å². The van der Waals surface area contributed by atoms with E-state index in [9.17, 15) is 52.8 Å². The lowest BCUT2D eigenvalue weighted by Crippen LogP contribution is -2.14. The number of aryl methyl sites for hydroxylation is 1. The number of hydrogen-bond donors (Lipinski definition) is 6.